The summed E-state index contributed by atoms with van der Waals surface area (Å²) >= 11 is 0. The number of ketones is 2. The minimum atomic E-state index is -1.60. The van der Waals surface area contributed by atoms with Crippen LogP contribution in [-0.2, 0) is 9.59 Å². The Bertz CT molecular complexity index is 942. The minimum absolute atomic E-state index is 0.0716. The first-order chi connectivity index (χ1) is 14.7. The monoisotopic (exact) mass is 428 g/mol. The van der Waals surface area contributed by atoms with Crippen LogP contribution in [0.15, 0.2) is 30.4 Å². The Balaban J connectivity index is 1.59. The third-order valence-electron chi connectivity index (χ3n) is 9.65. The zero-order valence-electron chi connectivity index (χ0n) is 18.2. The van der Waals surface area contributed by atoms with Crippen LogP contribution >= 0.6 is 0 Å². The van der Waals surface area contributed by atoms with Gasteiger partial charge in [-0.15, -0.1) is 0 Å². The molecule has 0 radical (unpaired) electrons. The highest BCUT2D eigenvalue weighted by Gasteiger charge is 2.69. The van der Waals surface area contributed by atoms with E-state index in [0.29, 0.717) is 25.7 Å². The number of rotatable bonds is 3. The van der Waals surface area contributed by atoms with Gasteiger partial charge in [-0.2, -0.15) is 0 Å². The fraction of sp³-hybridized carbons (Fsp3) is 0.708. The van der Waals surface area contributed by atoms with Crippen molar-refractivity contribution in [3.63, 3.8) is 0 Å². The molecule has 0 bridgehead atoms. The molecule has 0 aliphatic heterocycles. The topological polar surface area (TPSA) is 113 Å². The van der Waals surface area contributed by atoms with Crippen molar-refractivity contribution in [2.45, 2.75) is 70.1 Å². The zero-order chi connectivity index (χ0) is 22.2. The predicted molar refractivity (Wildman–Crippen MR) is 112 cm³/mol. The molecule has 4 aliphatic carbocycles. The van der Waals surface area contributed by atoms with Crippen molar-refractivity contribution in [3.05, 3.63) is 30.4 Å². The first-order valence-corrected chi connectivity index (χ1v) is 11.4. The second-order valence-electron chi connectivity index (χ2n) is 10.7. The number of carbonyl (C=O) groups is 2. The summed E-state index contributed by atoms with van der Waals surface area (Å²) in [5, 5.41) is 32.4. The van der Waals surface area contributed by atoms with E-state index in [0.717, 1.165) is 18.4 Å². The highest BCUT2D eigenvalue weighted by Crippen LogP contribution is 2.69. The van der Waals surface area contributed by atoms with Gasteiger partial charge >= 0.3 is 0 Å². The summed E-state index contributed by atoms with van der Waals surface area (Å²) < 4.78 is 2.01. The third kappa shape index (κ3) is 2.60. The van der Waals surface area contributed by atoms with Gasteiger partial charge in [0.2, 0.25) is 0 Å². The first-order valence-electron chi connectivity index (χ1n) is 11.4. The van der Waals surface area contributed by atoms with E-state index in [1.54, 1.807) is 18.6 Å². The van der Waals surface area contributed by atoms with E-state index in [1.807, 2.05) is 17.7 Å². The Morgan fingerprint density at radius 1 is 1.32 bits per heavy atom. The van der Waals surface area contributed by atoms with Gasteiger partial charge in [-0.1, -0.05) is 19.4 Å². The number of nitrogens with zero attached hydrogens (tertiary/aromatic N) is 2. The van der Waals surface area contributed by atoms with Crippen LogP contribution in [-0.4, -0.2) is 54.7 Å². The fourth-order valence-corrected chi connectivity index (χ4v) is 8.19. The lowest BCUT2D eigenvalue weighted by Crippen LogP contribution is -2.63. The van der Waals surface area contributed by atoms with E-state index in [9.17, 15) is 24.9 Å². The molecule has 0 aromatic carbocycles. The van der Waals surface area contributed by atoms with E-state index < -0.39 is 34.9 Å². The SMILES string of the molecule is C[C@]12C[C@H](O)[C@H]3[C@@H](CCC4=CC(=O)CC(n5ccnc5)[C@@]43C)[C@@H]1CC[C@]2(O)C(=O)CO. The van der Waals surface area contributed by atoms with Gasteiger partial charge in [-0.05, 0) is 55.9 Å². The van der Waals surface area contributed by atoms with Gasteiger partial charge in [0.1, 0.15) is 12.2 Å². The van der Waals surface area contributed by atoms with Crippen LogP contribution in [0.5, 0.6) is 0 Å². The van der Waals surface area contributed by atoms with Crippen LogP contribution in [0.4, 0.5) is 0 Å². The Morgan fingerprint density at radius 2 is 2.10 bits per heavy atom. The van der Waals surface area contributed by atoms with Crippen LogP contribution in [0.1, 0.15) is 58.4 Å². The van der Waals surface area contributed by atoms with Crippen molar-refractivity contribution in [2.24, 2.45) is 28.6 Å². The fourth-order valence-electron chi connectivity index (χ4n) is 8.19. The Labute approximate surface area is 182 Å². The smallest absolute Gasteiger partial charge is 0.190 e. The van der Waals surface area contributed by atoms with Gasteiger partial charge in [0, 0.05) is 29.6 Å². The molecule has 168 valence electrons. The molecule has 5 rings (SSSR count). The molecule has 0 spiro atoms. The molecular weight excluding hydrogens is 396 g/mol. The largest absolute Gasteiger partial charge is 0.393 e. The van der Waals surface area contributed by atoms with Gasteiger partial charge in [0.15, 0.2) is 11.6 Å². The maximum Gasteiger partial charge on any atom is 0.190 e. The van der Waals surface area contributed by atoms with E-state index in [-0.39, 0.29) is 29.6 Å². The van der Waals surface area contributed by atoms with Crippen LogP contribution < -0.4 is 0 Å². The average Bonchev–Trinajstić information content (AvgIpc) is 3.34. The lowest BCUT2D eigenvalue weighted by molar-refractivity contribution is -0.185. The molecule has 4 aliphatic rings. The molecule has 0 saturated heterocycles. The van der Waals surface area contributed by atoms with E-state index in [4.69, 9.17) is 0 Å². The van der Waals surface area contributed by atoms with Crippen LogP contribution in [0.2, 0.25) is 0 Å². The molecule has 7 heteroatoms. The van der Waals surface area contributed by atoms with Gasteiger partial charge in [-0.3, -0.25) is 9.59 Å². The quantitative estimate of drug-likeness (QED) is 0.677. The Kier molecular flexibility index (Phi) is 4.64. The minimum Gasteiger partial charge on any atom is -0.393 e. The number of Topliss-reactive ketones (excluding diaryl/α,β-unsaturated/α-hetero) is 1. The maximum absolute atomic E-state index is 12.6. The number of imidazole rings is 1. The molecule has 7 nitrogen and oxygen atoms in total. The normalized spacial score (nSPS) is 46.7. The Hall–Kier alpha value is -1.83. The van der Waals surface area contributed by atoms with Crippen LogP contribution in [0.25, 0.3) is 0 Å². The van der Waals surface area contributed by atoms with Gasteiger partial charge in [0.05, 0.1) is 18.5 Å². The van der Waals surface area contributed by atoms with Crippen LogP contribution in [0.3, 0.4) is 0 Å². The number of hydrogen-bond donors (Lipinski definition) is 3. The number of aliphatic hydroxyl groups is 3. The van der Waals surface area contributed by atoms with Crippen LogP contribution in [0, 0.1) is 28.6 Å². The second kappa shape index (κ2) is 6.83. The van der Waals surface area contributed by atoms with Crippen molar-refractivity contribution in [1.29, 1.82) is 0 Å². The number of hydrogen-bond acceptors (Lipinski definition) is 6. The zero-order valence-corrected chi connectivity index (χ0v) is 18.2. The highest BCUT2D eigenvalue weighted by molar-refractivity contribution is 5.92. The van der Waals surface area contributed by atoms with Crippen molar-refractivity contribution in [1.82, 2.24) is 9.55 Å². The number of carbonyl (C=O) groups excluding carboxylic acids is 2. The molecule has 0 amide bonds. The summed E-state index contributed by atoms with van der Waals surface area (Å²) in [6.07, 6.45) is 9.78. The standard InChI is InChI=1S/C24H32N2O5/c1-22-11-18(29)21-16(17(22)5-6-24(22,31)20(30)12-27)4-3-14-9-15(28)10-19(23(14,21)2)26-8-7-25-13-26/h7-9,13,16-19,21,27,29,31H,3-6,10-12H2,1-2H3/t16-,17-,18-,19?,21+,22-,23+,24-/m0/s1. The number of allylic oxidation sites excluding steroid dienone is 1. The second-order valence-corrected chi connectivity index (χ2v) is 10.7. The summed E-state index contributed by atoms with van der Waals surface area (Å²) in [5.41, 5.74) is -1.66. The van der Waals surface area contributed by atoms with Crippen molar-refractivity contribution >= 4 is 11.6 Å². The predicted octanol–water partition coefficient (Wildman–Crippen LogP) is 1.83. The van der Waals surface area contributed by atoms with E-state index in [1.165, 1.54) is 0 Å². The van der Waals surface area contributed by atoms with Gasteiger partial charge in [0.25, 0.3) is 0 Å². The average molecular weight is 429 g/mol. The van der Waals surface area contributed by atoms with Crippen molar-refractivity contribution in [3.8, 4) is 0 Å². The molecule has 3 saturated carbocycles. The molecular formula is C24H32N2O5. The lowest BCUT2D eigenvalue weighted by Gasteiger charge is -2.62. The highest BCUT2D eigenvalue weighted by atomic mass is 16.3. The number of fused-ring (bicyclic) bond motifs is 5. The molecule has 1 unspecified atom stereocenters. The van der Waals surface area contributed by atoms with E-state index in [2.05, 4.69) is 11.9 Å². The molecule has 1 aromatic heterocycles. The number of aliphatic hydroxyl groups excluding tert-OH is 2. The molecule has 31 heavy (non-hydrogen) atoms. The summed E-state index contributed by atoms with van der Waals surface area (Å²) in [4.78, 5) is 29.3. The number of aromatic nitrogens is 2. The van der Waals surface area contributed by atoms with Gasteiger partial charge in [-0.25, -0.2) is 4.98 Å². The maximum atomic E-state index is 12.6. The first kappa shape index (κ1) is 21.0. The molecule has 3 N–H and O–H groups in total. The molecule has 1 aromatic rings. The summed E-state index contributed by atoms with van der Waals surface area (Å²) in [7, 11) is 0. The van der Waals surface area contributed by atoms with Gasteiger partial charge < -0.3 is 19.9 Å². The summed E-state index contributed by atoms with van der Waals surface area (Å²) in [6.45, 7) is 3.42. The molecule has 3 fully saturated rings. The third-order valence-corrected chi connectivity index (χ3v) is 9.65. The summed E-state index contributed by atoms with van der Waals surface area (Å²) in [5.74, 6) is -0.275. The van der Waals surface area contributed by atoms with E-state index >= 15 is 0 Å². The Morgan fingerprint density at radius 3 is 2.77 bits per heavy atom. The molecule has 8 atom stereocenters. The summed E-state index contributed by atoms with van der Waals surface area (Å²) in [6, 6.07) is -0.117. The molecule has 1 heterocycles. The lowest BCUT2D eigenvalue weighted by atomic mass is 9.44. The van der Waals surface area contributed by atoms with Crippen molar-refractivity contribution < 1.29 is 24.9 Å². The van der Waals surface area contributed by atoms with Crippen molar-refractivity contribution in [2.75, 3.05) is 6.61 Å².